The van der Waals surface area contributed by atoms with E-state index in [1.807, 2.05) is 20.8 Å². The summed E-state index contributed by atoms with van der Waals surface area (Å²) in [5, 5.41) is 8.75. The first kappa shape index (κ1) is 15.1. The fourth-order valence-electron chi connectivity index (χ4n) is 1.45. The Labute approximate surface area is 93.9 Å². The minimum Gasteiger partial charge on any atom is -0.396 e. The van der Waals surface area contributed by atoms with Gasteiger partial charge in [0.1, 0.15) is 0 Å². The van der Waals surface area contributed by atoms with E-state index in [-0.39, 0.29) is 6.61 Å². The van der Waals surface area contributed by atoms with Crippen LogP contribution in [0.1, 0.15) is 33.6 Å². The zero-order valence-corrected chi connectivity index (χ0v) is 11.1. The molecule has 92 valence electrons. The number of rotatable bonds is 10. The van der Waals surface area contributed by atoms with Gasteiger partial charge in [-0.05, 0) is 33.6 Å². The third-order valence-corrected chi connectivity index (χ3v) is 5.14. The molecule has 0 saturated carbocycles. The molecule has 0 aliphatic rings. The Morgan fingerprint density at radius 1 is 0.867 bits per heavy atom. The second-order valence-electron chi connectivity index (χ2n) is 3.16. The Morgan fingerprint density at radius 2 is 1.33 bits per heavy atom. The smallest absolute Gasteiger partial charge is 0.396 e. The van der Waals surface area contributed by atoms with Crippen molar-refractivity contribution in [3.8, 4) is 0 Å². The van der Waals surface area contributed by atoms with Crippen molar-refractivity contribution < 1.29 is 18.4 Å². The van der Waals surface area contributed by atoms with Crippen LogP contribution in [-0.2, 0) is 13.3 Å². The fourth-order valence-corrected chi connectivity index (χ4v) is 4.14. The summed E-state index contributed by atoms with van der Waals surface area (Å²) < 4.78 is 17.0. The van der Waals surface area contributed by atoms with Crippen molar-refractivity contribution in [2.24, 2.45) is 0 Å². The highest BCUT2D eigenvalue weighted by Gasteiger charge is 2.39. The zero-order valence-electron chi connectivity index (χ0n) is 10.1. The minimum absolute atomic E-state index is 0.217. The molecule has 0 aromatic heterocycles. The van der Waals surface area contributed by atoms with Crippen LogP contribution < -0.4 is 0 Å². The summed E-state index contributed by atoms with van der Waals surface area (Å²) in [5.74, 6) is 0. The van der Waals surface area contributed by atoms with Crippen LogP contribution in [0.4, 0.5) is 0 Å². The third kappa shape index (κ3) is 6.27. The Kier molecular flexibility index (Phi) is 9.33. The van der Waals surface area contributed by atoms with Gasteiger partial charge in [0.2, 0.25) is 0 Å². The summed E-state index contributed by atoms with van der Waals surface area (Å²) in [7, 11) is -2.44. The van der Waals surface area contributed by atoms with Crippen molar-refractivity contribution in [2.75, 3.05) is 26.4 Å². The molecule has 1 N–H and O–H groups in total. The van der Waals surface area contributed by atoms with Gasteiger partial charge in [-0.25, -0.2) is 0 Å². The number of aliphatic hydroxyl groups is 1. The van der Waals surface area contributed by atoms with Gasteiger partial charge in [-0.2, -0.15) is 0 Å². The first-order valence-electron chi connectivity index (χ1n) is 5.77. The Balaban J connectivity index is 4.18. The largest absolute Gasteiger partial charge is 0.500 e. The predicted molar refractivity (Wildman–Crippen MR) is 61.8 cm³/mol. The first-order valence-corrected chi connectivity index (χ1v) is 7.70. The van der Waals surface area contributed by atoms with Gasteiger partial charge in [0.25, 0.3) is 0 Å². The molecular weight excluding hydrogens is 212 g/mol. The van der Waals surface area contributed by atoms with E-state index in [1.54, 1.807) is 0 Å². The summed E-state index contributed by atoms with van der Waals surface area (Å²) >= 11 is 0. The van der Waals surface area contributed by atoms with Gasteiger partial charge in [0.15, 0.2) is 0 Å². The molecule has 0 aromatic carbocycles. The number of hydrogen-bond acceptors (Lipinski definition) is 4. The lowest BCUT2D eigenvalue weighted by molar-refractivity contribution is 0.0703. The van der Waals surface area contributed by atoms with E-state index < -0.39 is 8.80 Å². The molecule has 0 aliphatic heterocycles. The van der Waals surface area contributed by atoms with Gasteiger partial charge < -0.3 is 18.4 Å². The third-order valence-electron chi connectivity index (χ3n) is 1.98. The van der Waals surface area contributed by atoms with Gasteiger partial charge in [-0.1, -0.05) is 0 Å². The van der Waals surface area contributed by atoms with Gasteiger partial charge in [0.05, 0.1) is 0 Å². The molecule has 4 nitrogen and oxygen atoms in total. The Morgan fingerprint density at radius 3 is 1.67 bits per heavy atom. The van der Waals surface area contributed by atoms with E-state index in [0.717, 1.165) is 18.9 Å². The van der Waals surface area contributed by atoms with E-state index in [9.17, 15) is 0 Å². The van der Waals surface area contributed by atoms with Crippen LogP contribution in [0, 0.1) is 0 Å². The molecule has 0 saturated heterocycles. The van der Waals surface area contributed by atoms with E-state index >= 15 is 0 Å². The van der Waals surface area contributed by atoms with Gasteiger partial charge in [0, 0.05) is 32.5 Å². The van der Waals surface area contributed by atoms with Crippen LogP contribution in [0.25, 0.3) is 0 Å². The van der Waals surface area contributed by atoms with Crippen LogP contribution in [-0.4, -0.2) is 40.3 Å². The molecule has 15 heavy (non-hydrogen) atoms. The Hall–Kier alpha value is 0.0569. The summed E-state index contributed by atoms with van der Waals surface area (Å²) in [5.41, 5.74) is 0. The normalized spacial score (nSPS) is 12.0. The number of unbranched alkanes of at least 4 members (excludes halogenated alkanes) is 1. The van der Waals surface area contributed by atoms with Crippen molar-refractivity contribution in [1.29, 1.82) is 0 Å². The molecule has 0 bridgehead atoms. The van der Waals surface area contributed by atoms with Crippen molar-refractivity contribution in [1.82, 2.24) is 0 Å². The molecule has 0 heterocycles. The quantitative estimate of drug-likeness (QED) is 0.464. The van der Waals surface area contributed by atoms with Crippen molar-refractivity contribution in [3.63, 3.8) is 0 Å². The molecule has 0 fully saturated rings. The molecule has 0 radical (unpaired) electrons. The second-order valence-corrected chi connectivity index (χ2v) is 5.89. The SMILES string of the molecule is CCO[Si](CCCCO)(OCC)OCC. The van der Waals surface area contributed by atoms with Gasteiger partial charge >= 0.3 is 8.80 Å². The zero-order chi connectivity index (χ0) is 11.6. The van der Waals surface area contributed by atoms with E-state index in [1.165, 1.54) is 0 Å². The van der Waals surface area contributed by atoms with Crippen LogP contribution in [0.3, 0.4) is 0 Å². The highest BCUT2D eigenvalue weighted by Crippen LogP contribution is 2.18. The van der Waals surface area contributed by atoms with Crippen molar-refractivity contribution in [2.45, 2.75) is 39.7 Å². The van der Waals surface area contributed by atoms with Crippen LogP contribution in [0.5, 0.6) is 0 Å². The molecule has 0 aromatic rings. The average Bonchev–Trinajstić information content (AvgIpc) is 2.19. The number of hydrogen-bond donors (Lipinski definition) is 1. The minimum atomic E-state index is -2.44. The van der Waals surface area contributed by atoms with Crippen molar-refractivity contribution in [3.05, 3.63) is 0 Å². The van der Waals surface area contributed by atoms with E-state index in [0.29, 0.717) is 19.8 Å². The maximum absolute atomic E-state index is 8.75. The lowest BCUT2D eigenvalue weighted by Gasteiger charge is -2.28. The molecule has 0 amide bonds. The summed E-state index contributed by atoms with van der Waals surface area (Å²) in [4.78, 5) is 0. The molecule has 0 atom stereocenters. The van der Waals surface area contributed by atoms with Crippen LogP contribution in [0.15, 0.2) is 0 Å². The molecule has 0 unspecified atom stereocenters. The highest BCUT2D eigenvalue weighted by molar-refractivity contribution is 6.60. The van der Waals surface area contributed by atoms with E-state index in [4.69, 9.17) is 18.4 Å². The standard InChI is InChI=1S/C10H24O4Si/c1-4-12-15(13-5-2,14-6-3)10-8-7-9-11/h11H,4-10H2,1-3H3. The maximum Gasteiger partial charge on any atom is 0.500 e. The highest BCUT2D eigenvalue weighted by atomic mass is 28.4. The molecule has 0 spiro atoms. The molecule has 0 rings (SSSR count). The summed E-state index contributed by atoms with van der Waals surface area (Å²) in [6.45, 7) is 7.92. The molecule has 5 heteroatoms. The maximum atomic E-state index is 8.75. The van der Waals surface area contributed by atoms with Gasteiger partial charge in [-0.3, -0.25) is 0 Å². The second kappa shape index (κ2) is 9.29. The first-order chi connectivity index (χ1) is 7.24. The monoisotopic (exact) mass is 236 g/mol. The lowest BCUT2D eigenvalue weighted by atomic mass is 10.4. The van der Waals surface area contributed by atoms with Crippen LogP contribution in [0.2, 0.25) is 6.04 Å². The molecular formula is C10H24O4Si. The topological polar surface area (TPSA) is 47.9 Å². The summed E-state index contributed by atoms with van der Waals surface area (Å²) in [6.07, 6.45) is 1.67. The van der Waals surface area contributed by atoms with Gasteiger partial charge in [-0.15, -0.1) is 0 Å². The number of aliphatic hydroxyl groups excluding tert-OH is 1. The fraction of sp³-hybridized carbons (Fsp3) is 1.00. The van der Waals surface area contributed by atoms with Crippen molar-refractivity contribution >= 4 is 8.80 Å². The van der Waals surface area contributed by atoms with E-state index in [2.05, 4.69) is 0 Å². The summed E-state index contributed by atoms with van der Waals surface area (Å²) in [6, 6.07) is 0.795. The predicted octanol–water partition coefficient (Wildman–Crippen LogP) is 1.81. The lowest BCUT2D eigenvalue weighted by Crippen LogP contribution is -2.45. The van der Waals surface area contributed by atoms with Crippen LogP contribution >= 0.6 is 0 Å². The average molecular weight is 236 g/mol. The molecule has 0 aliphatic carbocycles. The Bertz CT molecular complexity index is 126.